The third kappa shape index (κ3) is 5.13. The van der Waals surface area contributed by atoms with Crippen LogP contribution in [0.3, 0.4) is 0 Å². The molecule has 2 rings (SSSR count). The zero-order valence-corrected chi connectivity index (χ0v) is 13.0. The van der Waals surface area contributed by atoms with E-state index in [4.69, 9.17) is 0 Å². The van der Waals surface area contributed by atoms with Crippen LogP contribution in [0.4, 0.5) is 23.2 Å². The maximum Gasteiger partial charge on any atom is 0.412 e. The summed E-state index contributed by atoms with van der Waals surface area (Å²) >= 11 is 0. The monoisotopic (exact) mass is 368 g/mol. The normalized spacial score (nSPS) is 12.8. The first-order valence-electron chi connectivity index (χ1n) is 7.22. The molecule has 1 amide bonds. The predicted molar refractivity (Wildman–Crippen MR) is 85.5 cm³/mol. The van der Waals surface area contributed by atoms with Crippen LogP contribution in [0, 0.1) is 15.9 Å². The summed E-state index contributed by atoms with van der Waals surface area (Å²) in [7, 11) is 0. The molecule has 0 radical (unpaired) electrons. The minimum absolute atomic E-state index is 0.153. The number of halogens is 4. The third-order valence-corrected chi connectivity index (χ3v) is 3.35. The van der Waals surface area contributed by atoms with Crippen LogP contribution in [0.2, 0.25) is 0 Å². The number of non-ortho nitro benzene ring substituents is 1. The summed E-state index contributed by atoms with van der Waals surface area (Å²) in [6.45, 7) is 0. The summed E-state index contributed by atoms with van der Waals surface area (Å²) in [6, 6.07) is 6.42. The fourth-order valence-electron chi connectivity index (χ4n) is 2.08. The molecule has 0 saturated carbocycles. The van der Waals surface area contributed by atoms with Crippen molar-refractivity contribution in [3.05, 3.63) is 81.7 Å². The lowest BCUT2D eigenvalue weighted by Gasteiger charge is -2.21. The molecular weight excluding hydrogens is 356 g/mol. The smallest absolute Gasteiger partial charge is 0.337 e. The molecule has 0 aliphatic rings. The van der Waals surface area contributed by atoms with Gasteiger partial charge >= 0.3 is 6.18 Å². The predicted octanol–water partition coefficient (Wildman–Crippen LogP) is 4.17. The lowest BCUT2D eigenvalue weighted by molar-refractivity contribution is -0.384. The molecule has 0 saturated heterocycles. The van der Waals surface area contributed by atoms with Gasteiger partial charge in [0.2, 0.25) is 5.91 Å². The van der Waals surface area contributed by atoms with E-state index in [1.54, 1.807) is 0 Å². The summed E-state index contributed by atoms with van der Waals surface area (Å²) in [6.07, 6.45) is -2.67. The fraction of sp³-hybridized carbons (Fsp3) is 0.118. The zero-order valence-electron chi connectivity index (χ0n) is 13.0. The number of carbonyl (C=O) groups is 1. The van der Waals surface area contributed by atoms with E-state index >= 15 is 0 Å². The van der Waals surface area contributed by atoms with Crippen LogP contribution in [0.25, 0.3) is 6.08 Å². The molecule has 0 spiro atoms. The quantitative estimate of drug-likeness (QED) is 0.373. The Labute approximate surface area is 145 Å². The second-order valence-corrected chi connectivity index (χ2v) is 5.22. The number of hydrogen-bond donors (Lipinski definition) is 1. The van der Waals surface area contributed by atoms with Crippen molar-refractivity contribution in [3.8, 4) is 0 Å². The van der Waals surface area contributed by atoms with Crippen LogP contribution in [0.15, 0.2) is 54.6 Å². The van der Waals surface area contributed by atoms with Gasteiger partial charge in [-0.15, -0.1) is 0 Å². The lowest BCUT2D eigenvalue weighted by Crippen LogP contribution is -2.37. The summed E-state index contributed by atoms with van der Waals surface area (Å²) in [5.74, 6) is -1.71. The highest BCUT2D eigenvalue weighted by atomic mass is 19.4. The average Bonchev–Trinajstić information content (AvgIpc) is 2.58. The van der Waals surface area contributed by atoms with Crippen molar-refractivity contribution in [1.29, 1.82) is 0 Å². The Morgan fingerprint density at radius 1 is 1.08 bits per heavy atom. The number of alkyl halides is 3. The van der Waals surface area contributed by atoms with E-state index in [9.17, 15) is 32.5 Å². The molecule has 1 unspecified atom stereocenters. The Bertz CT molecular complexity index is 815. The summed E-state index contributed by atoms with van der Waals surface area (Å²) in [4.78, 5) is 21.8. The number of hydrogen-bond acceptors (Lipinski definition) is 3. The number of nitro benzene ring substituents is 1. The molecule has 0 heterocycles. The maximum atomic E-state index is 13.2. The van der Waals surface area contributed by atoms with Gasteiger partial charge in [-0.3, -0.25) is 14.9 Å². The summed E-state index contributed by atoms with van der Waals surface area (Å²) in [5, 5.41) is 12.4. The highest BCUT2D eigenvalue weighted by Crippen LogP contribution is 2.32. The van der Waals surface area contributed by atoms with Gasteiger partial charge < -0.3 is 5.32 Å². The van der Waals surface area contributed by atoms with Crippen LogP contribution < -0.4 is 5.32 Å². The van der Waals surface area contributed by atoms with Gasteiger partial charge in [-0.25, -0.2) is 4.39 Å². The van der Waals surface area contributed by atoms with E-state index < -0.39 is 28.9 Å². The molecule has 26 heavy (non-hydrogen) atoms. The molecule has 0 aromatic heterocycles. The Morgan fingerprint density at radius 2 is 1.65 bits per heavy atom. The van der Waals surface area contributed by atoms with Gasteiger partial charge in [-0.2, -0.15) is 13.2 Å². The minimum Gasteiger partial charge on any atom is -0.337 e. The number of amides is 1. The molecule has 1 atom stereocenters. The Hall–Kier alpha value is -3.23. The molecule has 0 fully saturated rings. The number of nitrogens with one attached hydrogen (secondary N) is 1. The van der Waals surface area contributed by atoms with Crippen molar-refractivity contribution in [2.24, 2.45) is 0 Å². The third-order valence-electron chi connectivity index (χ3n) is 3.35. The van der Waals surface area contributed by atoms with Gasteiger partial charge in [0, 0.05) is 18.2 Å². The van der Waals surface area contributed by atoms with Crippen molar-refractivity contribution in [2.45, 2.75) is 12.2 Å². The topological polar surface area (TPSA) is 72.2 Å². The Balaban J connectivity index is 2.11. The van der Waals surface area contributed by atoms with E-state index in [1.165, 1.54) is 30.3 Å². The minimum atomic E-state index is -4.77. The Morgan fingerprint density at radius 3 is 2.15 bits per heavy atom. The van der Waals surface area contributed by atoms with Crippen LogP contribution >= 0.6 is 0 Å². The highest BCUT2D eigenvalue weighted by Gasteiger charge is 2.41. The molecule has 5 nitrogen and oxygen atoms in total. The molecule has 2 aromatic rings. The number of nitrogens with zero attached hydrogens (tertiary/aromatic N) is 1. The van der Waals surface area contributed by atoms with Crippen LogP contribution in [0.5, 0.6) is 0 Å². The number of carbonyl (C=O) groups excluding carboxylic acids is 1. The fourth-order valence-corrected chi connectivity index (χ4v) is 2.08. The molecule has 136 valence electrons. The van der Waals surface area contributed by atoms with E-state index in [1.807, 2.05) is 5.32 Å². The van der Waals surface area contributed by atoms with Gasteiger partial charge in [0.05, 0.1) is 4.92 Å². The second-order valence-electron chi connectivity index (χ2n) is 5.22. The second kappa shape index (κ2) is 7.77. The first-order valence-corrected chi connectivity index (χ1v) is 7.22. The maximum absolute atomic E-state index is 13.2. The van der Waals surface area contributed by atoms with Crippen LogP contribution in [0.1, 0.15) is 17.2 Å². The van der Waals surface area contributed by atoms with E-state index in [-0.39, 0.29) is 11.3 Å². The molecule has 0 aliphatic carbocycles. The van der Waals surface area contributed by atoms with Crippen molar-refractivity contribution < 1.29 is 27.3 Å². The van der Waals surface area contributed by atoms with E-state index in [0.29, 0.717) is 5.56 Å². The van der Waals surface area contributed by atoms with E-state index in [0.717, 1.165) is 30.3 Å². The van der Waals surface area contributed by atoms with Crippen molar-refractivity contribution in [2.75, 3.05) is 0 Å². The molecule has 1 N–H and O–H groups in total. The van der Waals surface area contributed by atoms with Gasteiger partial charge in [0.15, 0.2) is 6.04 Å². The first kappa shape index (κ1) is 19.1. The largest absolute Gasteiger partial charge is 0.412 e. The molecule has 0 bridgehead atoms. The first-order chi connectivity index (χ1) is 12.2. The van der Waals surface area contributed by atoms with Gasteiger partial charge in [0.25, 0.3) is 5.69 Å². The number of rotatable bonds is 5. The summed E-state index contributed by atoms with van der Waals surface area (Å²) < 4.78 is 52.3. The molecule has 2 aromatic carbocycles. The number of nitro groups is 1. The van der Waals surface area contributed by atoms with E-state index in [2.05, 4.69) is 0 Å². The number of benzene rings is 2. The van der Waals surface area contributed by atoms with Crippen molar-refractivity contribution in [3.63, 3.8) is 0 Å². The lowest BCUT2D eigenvalue weighted by atomic mass is 10.1. The highest BCUT2D eigenvalue weighted by molar-refractivity contribution is 5.92. The van der Waals surface area contributed by atoms with Crippen molar-refractivity contribution in [1.82, 2.24) is 5.32 Å². The van der Waals surface area contributed by atoms with Gasteiger partial charge in [-0.05, 0) is 41.5 Å². The standard InChI is InChI=1S/C17H12F4N2O3/c18-13-6-4-12(5-7-13)16(17(19,20)21)22-15(24)10-3-11-1-8-14(9-2-11)23(25)26/h1-10,16H,(H,22,24)/b10-3+. The van der Waals surface area contributed by atoms with Gasteiger partial charge in [-0.1, -0.05) is 12.1 Å². The van der Waals surface area contributed by atoms with Crippen LogP contribution in [-0.2, 0) is 4.79 Å². The Kier molecular flexibility index (Phi) is 5.71. The average molecular weight is 368 g/mol. The summed E-state index contributed by atoms with van der Waals surface area (Å²) in [5.41, 5.74) is -0.0628. The SMILES string of the molecule is O=C(/C=C/c1ccc([N+](=O)[O-])cc1)NC(c1ccc(F)cc1)C(F)(F)F. The van der Waals surface area contributed by atoms with Crippen LogP contribution in [-0.4, -0.2) is 17.0 Å². The van der Waals surface area contributed by atoms with Gasteiger partial charge in [0.1, 0.15) is 5.82 Å². The van der Waals surface area contributed by atoms with Crippen molar-refractivity contribution >= 4 is 17.7 Å². The molecule has 9 heteroatoms. The molecule has 0 aliphatic heterocycles. The molecular formula is C17H12F4N2O3. The zero-order chi connectivity index (χ0) is 19.3.